The number of thiophene rings is 1. The molecule has 1 heterocycles. The molecule has 1 saturated carbocycles. The minimum absolute atomic E-state index is 0.367. The summed E-state index contributed by atoms with van der Waals surface area (Å²) in [6.45, 7) is 0. The van der Waals surface area contributed by atoms with Gasteiger partial charge in [0.1, 0.15) is 5.78 Å². The number of hydrogen-bond acceptors (Lipinski definition) is 2. The van der Waals surface area contributed by atoms with Crippen molar-refractivity contribution >= 4 is 17.1 Å². The smallest absolute Gasteiger partial charge is 0.135 e. The summed E-state index contributed by atoms with van der Waals surface area (Å²) >= 11 is 1.80. The van der Waals surface area contributed by atoms with Crippen molar-refractivity contribution in [1.82, 2.24) is 0 Å². The molecule has 76 valence electrons. The van der Waals surface area contributed by atoms with Gasteiger partial charge < -0.3 is 0 Å². The summed E-state index contributed by atoms with van der Waals surface area (Å²) in [7, 11) is 0. The topological polar surface area (TPSA) is 17.1 Å². The Kier molecular flexibility index (Phi) is 3.35. The lowest BCUT2D eigenvalue weighted by molar-refractivity contribution is -0.124. The highest BCUT2D eigenvalue weighted by Gasteiger charge is 2.21. The summed E-state index contributed by atoms with van der Waals surface area (Å²) in [5.74, 6) is 0.874. The fraction of sp³-hybridized carbons (Fsp3) is 0.583. The molecule has 1 aromatic rings. The van der Waals surface area contributed by atoms with Crippen LogP contribution in [0.4, 0.5) is 0 Å². The quantitative estimate of drug-likeness (QED) is 0.743. The first-order valence-electron chi connectivity index (χ1n) is 5.41. The second-order valence-electron chi connectivity index (χ2n) is 4.03. The van der Waals surface area contributed by atoms with Crippen LogP contribution in [0.3, 0.4) is 0 Å². The normalized spacial score (nSPS) is 22.6. The van der Waals surface area contributed by atoms with Crippen LogP contribution in [0.5, 0.6) is 0 Å². The molecule has 0 aromatic carbocycles. The monoisotopic (exact) mass is 208 g/mol. The van der Waals surface area contributed by atoms with Crippen LogP contribution in [-0.2, 0) is 11.2 Å². The number of carbonyl (C=O) groups excluding carboxylic acids is 1. The second-order valence-corrected chi connectivity index (χ2v) is 5.06. The van der Waals surface area contributed by atoms with Crippen LogP contribution >= 0.6 is 11.3 Å². The molecule has 14 heavy (non-hydrogen) atoms. The molecule has 0 aliphatic heterocycles. The Morgan fingerprint density at radius 3 is 3.07 bits per heavy atom. The molecule has 1 atom stereocenters. The van der Waals surface area contributed by atoms with E-state index in [-0.39, 0.29) is 0 Å². The minimum atomic E-state index is 0.367. The Morgan fingerprint density at radius 1 is 1.43 bits per heavy atom. The van der Waals surface area contributed by atoms with Crippen LogP contribution in [0, 0.1) is 5.92 Å². The zero-order valence-electron chi connectivity index (χ0n) is 8.37. The van der Waals surface area contributed by atoms with Crippen molar-refractivity contribution in [2.45, 2.75) is 38.5 Å². The zero-order chi connectivity index (χ0) is 9.80. The number of ketones is 1. The Balaban J connectivity index is 1.82. The lowest BCUT2D eigenvalue weighted by atomic mass is 9.85. The van der Waals surface area contributed by atoms with Crippen molar-refractivity contribution in [2.75, 3.05) is 0 Å². The molecule has 0 N–H and O–H groups in total. The van der Waals surface area contributed by atoms with Crippen LogP contribution < -0.4 is 0 Å². The largest absolute Gasteiger partial charge is 0.299 e. The van der Waals surface area contributed by atoms with Crippen LogP contribution in [-0.4, -0.2) is 5.78 Å². The highest BCUT2D eigenvalue weighted by Crippen LogP contribution is 2.25. The van der Waals surface area contributed by atoms with Crippen molar-refractivity contribution in [1.29, 1.82) is 0 Å². The molecule has 0 spiro atoms. The molecule has 0 amide bonds. The van der Waals surface area contributed by atoms with Gasteiger partial charge in [0.2, 0.25) is 0 Å². The van der Waals surface area contributed by atoms with Gasteiger partial charge >= 0.3 is 0 Å². The van der Waals surface area contributed by atoms with E-state index in [9.17, 15) is 4.79 Å². The van der Waals surface area contributed by atoms with Gasteiger partial charge in [0.15, 0.2) is 0 Å². The third-order valence-electron chi connectivity index (χ3n) is 3.00. The fourth-order valence-corrected chi connectivity index (χ4v) is 2.86. The molecule has 0 bridgehead atoms. The first-order chi connectivity index (χ1) is 6.86. The molecule has 2 rings (SSSR count). The molecular weight excluding hydrogens is 192 g/mol. The van der Waals surface area contributed by atoms with E-state index in [2.05, 4.69) is 17.5 Å². The maximum atomic E-state index is 11.6. The minimum Gasteiger partial charge on any atom is -0.299 e. The molecular formula is C12H16OS. The second kappa shape index (κ2) is 4.74. The summed E-state index contributed by atoms with van der Waals surface area (Å²) in [4.78, 5) is 13.0. The van der Waals surface area contributed by atoms with E-state index in [1.165, 1.54) is 11.3 Å². The van der Waals surface area contributed by atoms with E-state index in [0.29, 0.717) is 11.7 Å². The van der Waals surface area contributed by atoms with Crippen molar-refractivity contribution in [3.8, 4) is 0 Å². The number of Topliss-reactive ketones (excluding diaryl/α,β-unsaturated/α-hetero) is 1. The number of aryl methyl sites for hydroxylation is 1. The maximum absolute atomic E-state index is 11.6. The summed E-state index contributed by atoms with van der Waals surface area (Å²) in [6.07, 6.45) is 6.49. The van der Waals surface area contributed by atoms with Gasteiger partial charge in [-0.05, 0) is 37.1 Å². The van der Waals surface area contributed by atoms with Gasteiger partial charge in [-0.15, -0.1) is 11.3 Å². The van der Waals surface area contributed by atoms with Gasteiger partial charge in [0, 0.05) is 17.2 Å². The lowest BCUT2D eigenvalue weighted by Crippen LogP contribution is -2.19. The van der Waals surface area contributed by atoms with E-state index in [0.717, 1.165) is 32.1 Å². The molecule has 1 aromatic heterocycles. The van der Waals surface area contributed by atoms with Crippen molar-refractivity contribution in [3.05, 3.63) is 22.4 Å². The molecule has 1 aliphatic carbocycles. The van der Waals surface area contributed by atoms with Gasteiger partial charge in [0.05, 0.1) is 0 Å². The average molecular weight is 208 g/mol. The molecule has 1 unspecified atom stereocenters. The molecule has 1 fully saturated rings. The van der Waals surface area contributed by atoms with Gasteiger partial charge in [-0.3, -0.25) is 4.79 Å². The van der Waals surface area contributed by atoms with Crippen LogP contribution in [0.25, 0.3) is 0 Å². The maximum Gasteiger partial charge on any atom is 0.135 e. The fourth-order valence-electron chi connectivity index (χ4n) is 2.13. The van der Waals surface area contributed by atoms with Crippen molar-refractivity contribution in [2.24, 2.45) is 5.92 Å². The van der Waals surface area contributed by atoms with Crippen LogP contribution in [0.1, 0.15) is 37.0 Å². The standard InChI is InChI=1S/C12H16OS/c13-12-6-2-1-4-10(12)7-8-11-5-3-9-14-11/h3,5,9-10H,1-2,4,6-8H2. The summed E-state index contributed by atoms with van der Waals surface area (Å²) in [6, 6.07) is 4.25. The number of hydrogen-bond donors (Lipinski definition) is 0. The van der Waals surface area contributed by atoms with Crippen molar-refractivity contribution in [3.63, 3.8) is 0 Å². The Bertz CT molecular complexity index is 289. The van der Waals surface area contributed by atoms with Crippen molar-refractivity contribution < 1.29 is 4.79 Å². The van der Waals surface area contributed by atoms with Gasteiger partial charge in [0.25, 0.3) is 0 Å². The molecule has 1 nitrogen and oxygen atoms in total. The van der Waals surface area contributed by atoms with Crippen LogP contribution in [0.2, 0.25) is 0 Å². The molecule has 0 saturated heterocycles. The van der Waals surface area contributed by atoms with E-state index in [1.54, 1.807) is 11.3 Å². The van der Waals surface area contributed by atoms with Crippen LogP contribution in [0.15, 0.2) is 17.5 Å². The number of carbonyl (C=O) groups is 1. The van der Waals surface area contributed by atoms with E-state index < -0.39 is 0 Å². The van der Waals surface area contributed by atoms with E-state index >= 15 is 0 Å². The summed E-state index contributed by atoms with van der Waals surface area (Å²) in [5, 5.41) is 2.11. The van der Waals surface area contributed by atoms with Gasteiger partial charge in [-0.2, -0.15) is 0 Å². The average Bonchev–Trinajstić information content (AvgIpc) is 2.69. The zero-order valence-corrected chi connectivity index (χ0v) is 9.19. The number of rotatable bonds is 3. The highest BCUT2D eigenvalue weighted by atomic mass is 32.1. The molecule has 1 aliphatic rings. The predicted molar refractivity (Wildman–Crippen MR) is 59.6 cm³/mol. The molecule has 2 heteroatoms. The van der Waals surface area contributed by atoms with E-state index in [4.69, 9.17) is 0 Å². The Morgan fingerprint density at radius 2 is 2.36 bits per heavy atom. The Hall–Kier alpha value is -0.630. The van der Waals surface area contributed by atoms with Gasteiger partial charge in [-0.25, -0.2) is 0 Å². The first-order valence-corrected chi connectivity index (χ1v) is 6.29. The first kappa shape index (κ1) is 9.91. The van der Waals surface area contributed by atoms with E-state index in [1.807, 2.05) is 0 Å². The SMILES string of the molecule is O=C1CCCCC1CCc1cccs1. The lowest BCUT2D eigenvalue weighted by Gasteiger charge is -2.19. The van der Waals surface area contributed by atoms with Gasteiger partial charge in [-0.1, -0.05) is 12.5 Å². The third-order valence-corrected chi connectivity index (χ3v) is 3.94. The summed E-state index contributed by atoms with van der Waals surface area (Å²) in [5.41, 5.74) is 0. The predicted octanol–water partition coefficient (Wildman–Crippen LogP) is 3.44. The highest BCUT2D eigenvalue weighted by molar-refractivity contribution is 7.09. The molecule has 0 radical (unpaired) electrons. The third kappa shape index (κ3) is 2.44. The summed E-state index contributed by atoms with van der Waals surface area (Å²) < 4.78 is 0. The Labute approximate surface area is 89.1 Å².